The topological polar surface area (TPSA) is 64.3 Å². The molecule has 0 heterocycles. The highest BCUT2D eigenvalue weighted by Gasteiger charge is 2.37. The van der Waals surface area contributed by atoms with Crippen LogP contribution in [0.25, 0.3) is 0 Å². The zero-order chi connectivity index (χ0) is 13.8. The zero-order valence-electron chi connectivity index (χ0n) is 11.6. The summed E-state index contributed by atoms with van der Waals surface area (Å²) in [7, 11) is 0. The van der Waals surface area contributed by atoms with Gasteiger partial charge >= 0.3 is 0 Å². The predicted molar refractivity (Wildman–Crippen MR) is 76.3 cm³/mol. The van der Waals surface area contributed by atoms with Crippen molar-refractivity contribution in [3.8, 4) is 5.75 Å². The van der Waals surface area contributed by atoms with Gasteiger partial charge in [-0.25, -0.2) is 0 Å². The highest BCUT2D eigenvalue weighted by molar-refractivity contribution is 5.95. The molecule has 0 spiro atoms. The standard InChI is InChI=1S/C15H22N2O2/c1-3-5-10-9-13(10)17-15(18)11-6-7-14(19-4-2)12(16)8-11/h6-8,10,13H,3-5,9,16H2,1-2H3,(H,17,18). The van der Waals surface area contributed by atoms with Gasteiger partial charge in [0.15, 0.2) is 0 Å². The van der Waals surface area contributed by atoms with E-state index in [-0.39, 0.29) is 5.91 Å². The summed E-state index contributed by atoms with van der Waals surface area (Å²) in [6, 6.07) is 5.54. The van der Waals surface area contributed by atoms with E-state index >= 15 is 0 Å². The lowest BCUT2D eigenvalue weighted by Crippen LogP contribution is -2.26. The molecule has 2 atom stereocenters. The zero-order valence-corrected chi connectivity index (χ0v) is 11.6. The monoisotopic (exact) mass is 262 g/mol. The van der Waals surface area contributed by atoms with Gasteiger partial charge in [-0.2, -0.15) is 0 Å². The van der Waals surface area contributed by atoms with Crippen molar-refractivity contribution in [3.05, 3.63) is 23.8 Å². The number of rotatable bonds is 6. The minimum absolute atomic E-state index is 0.0432. The van der Waals surface area contributed by atoms with Crippen LogP contribution in [0.2, 0.25) is 0 Å². The molecule has 0 radical (unpaired) electrons. The quantitative estimate of drug-likeness (QED) is 0.774. The van der Waals surface area contributed by atoms with Crippen LogP contribution in [0.4, 0.5) is 5.69 Å². The van der Waals surface area contributed by atoms with Gasteiger partial charge in [0.2, 0.25) is 0 Å². The molecule has 1 aliphatic carbocycles. The first-order valence-corrected chi connectivity index (χ1v) is 6.98. The first-order valence-electron chi connectivity index (χ1n) is 6.98. The van der Waals surface area contributed by atoms with E-state index < -0.39 is 0 Å². The largest absolute Gasteiger partial charge is 0.492 e. The molecule has 1 aromatic rings. The van der Waals surface area contributed by atoms with E-state index in [1.54, 1.807) is 18.2 Å². The van der Waals surface area contributed by atoms with Crippen molar-refractivity contribution in [1.29, 1.82) is 0 Å². The molecule has 0 bridgehead atoms. The third-order valence-electron chi connectivity index (χ3n) is 3.47. The van der Waals surface area contributed by atoms with Crippen LogP contribution in [0.15, 0.2) is 18.2 Å². The van der Waals surface area contributed by atoms with Crippen molar-refractivity contribution in [2.24, 2.45) is 5.92 Å². The molecule has 0 aliphatic heterocycles. The van der Waals surface area contributed by atoms with E-state index in [1.807, 2.05) is 6.92 Å². The fourth-order valence-corrected chi connectivity index (χ4v) is 2.34. The number of anilines is 1. The number of amides is 1. The molecular formula is C15H22N2O2. The Bertz CT molecular complexity index is 459. The number of carbonyl (C=O) groups is 1. The summed E-state index contributed by atoms with van der Waals surface area (Å²) >= 11 is 0. The Morgan fingerprint density at radius 1 is 1.47 bits per heavy atom. The second-order valence-electron chi connectivity index (χ2n) is 5.05. The summed E-state index contributed by atoms with van der Waals surface area (Å²) in [4.78, 5) is 12.1. The van der Waals surface area contributed by atoms with Crippen LogP contribution in [0.1, 0.15) is 43.5 Å². The average molecular weight is 262 g/mol. The Labute approximate surface area is 114 Å². The number of nitrogen functional groups attached to an aromatic ring is 1. The van der Waals surface area contributed by atoms with Crippen LogP contribution in [-0.2, 0) is 0 Å². The third-order valence-corrected chi connectivity index (χ3v) is 3.47. The lowest BCUT2D eigenvalue weighted by atomic mass is 10.1. The summed E-state index contributed by atoms with van der Waals surface area (Å²) in [6.07, 6.45) is 3.47. The normalized spacial score (nSPS) is 20.9. The van der Waals surface area contributed by atoms with E-state index in [9.17, 15) is 4.79 Å². The number of nitrogens with two attached hydrogens (primary N) is 1. The van der Waals surface area contributed by atoms with Gasteiger partial charge in [-0.1, -0.05) is 13.3 Å². The highest BCUT2D eigenvalue weighted by atomic mass is 16.5. The van der Waals surface area contributed by atoms with Gasteiger partial charge in [-0.3, -0.25) is 4.79 Å². The van der Waals surface area contributed by atoms with Crippen LogP contribution in [0.3, 0.4) is 0 Å². The summed E-state index contributed by atoms with van der Waals surface area (Å²) in [5.41, 5.74) is 6.97. The molecule has 2 unspecified atom stereocenters. The number of carbonyl (C=O) groups excluding carboxylic acids is 1. The Morgan fingerprint density at radius 2 is 2.26 bits per heavy atom. The molecule has 1 saturated carbocycles. The van der Waals surface area contributed by atoms with Crippen molar-refractivity contribution in [2.45, 2.75) is 39.2 Å². The van der Waals surface area contributed by atoms with E-state index in [4.69, 9.17) is 10.5 Å². The summed E-state index contributed by atoms with van der Waals surface area (Å²) < 4.78 is 5.36. The summed E-state index contributed by atoms with van der Waals surface area (Å²) in [5, 5.41) is 3.05. The van der Waals surface area contributed by atoms with Crippen molar-refractivity contribution < 1.29 is 9.53 Å². The second-order valence-corrected chi connectivity index (χ2v) is 5.05. The molecule has 19 heavy (non-hydrogen) atoms. The van der Waals surface area contributed by atoms with Crippen LogP contribution < -0.4 is 15.8 Å². The Balaban J connectivity index is 1.94. The number of hydrogen-bond donors (Lipinski definition) is 2. The molecular weight excluding hydrogens is 240 g/mol. The third kappa shape index (κ3) is 3.40. The van der Waals surface area contributed by atoms with Crippen LogP contribution in [0.5, 0.6) is 5.75 Å². The number of nitrogens with one attached hydrogen (secondary N) is 1. The van der Waals surface area contributed by atoms with Gasteiger partial charge in [-0.05, 0) is 43.9 Å². The predicted octanol–water partition coefficient (Wildman–Crippen LogP) is 2.59. The van der Waals surface area contributed by atoms with Crippen molar-refractivity contribution in [2.75, 3.05) is 12.3 Å². The second kappa shape index (κ2) is 5.95. The van der Waals surface area contributed by atoms with Crippen molar-refractivity contribution in [1.82, 2.24) is 5.32 Å². The maximum absolute atomic E-state index is 12.1. The van der Waals surface area contributed by atoms with Crippen LogP contribution in [0, 0.1) is 5.92 Å². The number of hydrogen-bond acceptors (Lipinski definition) is 3. The minimum atomic E-state index is -0.0432. The van der Waals surface area contributed by atoms with Gasteiger partial charge < -0.3 is 15.8 Å². The molecule has 2 rings (SSSR count). The van der Waals surface area contributed by atoms with E-state index in [1.165, 1.54) is 12.8 Å². The molecule has 1 aromatic carbocycles. The van der Waals surface area contributed by atoms with Gasteiger partial charge in [0.25, 0.3) is 5.91 Å². The SMILES string of the molecule is CCCC1CC1NC(=O)c1ccc(OCC)c(N)c1. The molecule has 4 nitrogen and oxygen atoms in total. The fraction of sp³-hybridized carbons (Fsp3) is 0.533. The molecule has 1 fully saturated rings. The van der Waals surface area contributed by atoms with Crippen LogP contribution in [-0.4, -0.2) is 18.6 Å². The molecule has 104 valence electrons. The highest BCUT2D eigenvalue weighted by Crippen LogP contribution is 2.34. The van der Waals surface area contributed by atoms with E-state index in [0.717, 1.165) is 6.42 Å². The molecule has 0 aromatic heterocycles. The lowest BCUT2D eigenvalue weighted by Gasteiger charge is -2.09. The number of ether oxygens (including phenoxy) is 1. The molecule has 3 N–H and O–H groups in total. The number of benzene rings is 1. The fourth-order valence-electron chi connectivity index (χ4n) is 2.34. The van der Waals surface area contributed by atoms with Gasteiger partial charge in [0.1, 0.15) is 5.75 Å². The Hall–Kier alpha value is -1.71. The van der Waals surface area contributed by atoms with Gasteiger partial charge in [0.05, 0.1) is 12.3 Å². The molecule has 1 amide bonds. The summed E-state index contributed by atoms with van der Waals surface area (Å²) in [6.45, 7) is 4.64. The van der Waals surface area contributed by atoms with Crippen molar-refractivity contribution in [3.63, 3.8) is 0 Å². The average Bonchev–Trinajstić information content (AvgIpc) is 3.10. The smallest absolute Gasteiger partial charge is 0.251 e. The van der Waals surface area contributed by atoms with E-state index in [0.29, 0.717) is 35.6 Å². The lowest BCUT2D eigenvalue weighted by molar-refractivity contribution is 0.0949. The van der Waals surface area contributed by atoms with E-state index in [2.05, 4.69) is 12.2 Å². The maximum atomic E-state index is 12.1. The summed E-state index contributed by atoms with van der Waals surface area (Å²) in [5.74, 6) is 1.25. The first kappa shape index (κ1) is 13.7. The molecule has 0 saturated heterocycles. The first-order chi connectivity index (χ1) is 9.15. The molecule has 1 aliphatic rings. The minimum Gasteiger partial charge on any atom is -0.492 e. The van der Waals surface area contributed by atoms with Gasteiger partial charge in [0, 0.05) is 11.6 Å². The van der Waals surface area contributed by atoms with Crippen molar-refractivity contribution >= 4 is 11.6 Å². The Morgan fingerprint density at radius 3 is 2.89 bits per heavy atom. The molecule has 4 heteroatoms. The maximum Gasteiger partial charge on any atom is 0.251 e. The van der Waals surface area contributed by atoms with Crippen LogP contribution >= 0.6 is 0 Å². The Kier molecular flexibility index (Phi) is 4.30. The van der Waals surface area contributed by atoms with Gasteiger partial charge in [-0.15, -0.1) is 0 Å².